The Morgan fingerprint density at radius 2 is 1.89 bits per heavy atom. The minimum absolute atomic E-state index is 0.0763. The SMILES string of the molecule is C[C@@H](c1ccccc1)N(C)c1nn(C)c2nnc(-c3c[nH]c(=O)[nH]c3=O)cc12. The van der Waals surface area contributed by atoms with Crippen molar-refractivity contribution in [3.05, 3.63) is 69.0 Å². The highest BCUT2D eigenvalue weighted by molar-refractivity contribution is 5.90. The average Bonchev–Trinajstić information content (AvgIpc) is 3.03. The third-order valence-corrected chi connectivity index (χ3v) is 4.86. The monoisotopic (exact) mass is 377 g/mol. The third kappa shape index (κ3) is 2.96. The second kappa shape index (κ2) is 6.76. The first-order valence-electron chi connectivity index (χ1n) is 8.76. The molecule has 142 valence electrons. The number of aryl methyl sites for hydroxylation is 1. The number of nitrogens with one attached hydrogen (secondary N) is 2. The predicted molar refractivity (Wildman–Crippen MR) is 106 cm³/mol. The van der Waals surface area contributed by atoms with Gasteiger partial charge in [0.2, 0.25) is 0 Å². The van der Waals surface area contributed by atoms with Gasteiger partial charge in [0.05, 0.1) is 17.0 Å². The number of fused-ring (bicyclic) bond motifs is 1. The Morgan fingerprint density at radius 1 is 1.14 bits per heavy atom. The number of rotatable bonds is 4. The van der Waals surface area contributed by atoms with E-state index in [0.717, 1.165) is 16.8 Å². The van der Waals surface area contributed by atoms with E-state index in [2.05, 4.69) is 49.2 Å². The molecule has 2 N–H and O–H groups in total. The van der Waals surface area contributed by atoms with E-state index in [1.54, 1.807) is 17.8 Å². The van der Waals surface area contributed by atoms with E-state index in [1.807, 2.05) is 25.2 Å². The molecule has 0 aliphatic rings. The zero-order valence-corrected chi connectivity index (χ0v) is 15.7. The quantitative estimate of drug-likeness (QED) is 0.559. The van der Waals surface area contributed by atoms with Crippen molar-refractivity contribution in [2.24, 2.45) is 7.05 Å². The summed E-state index contributed by atoms with van der Waals surface area (Å²) < 4.78 is 1.66. The first kappa shape index (κ1) is 17.7. The number of anilines is 1. The molecular formula is C19H19N7O2. The lowest BCUT2D eigenvalue weighted by atomic mass is 10.1. The maximum Gasteiger partial charge on any atom is 0.325 e. The molecule has 3 aromatic heterocycles. The van der Waals surface area contributed by atoms with E-state index in [9.17, 15) is 9.59 Å². The van der Waals surface area contributed by atoms with Crippen molar-refractivity contribution in [1.82, 2.24) is 29.9 Å². The van der Waals surface area contributed by atoms with Crippen LogP contribution in [-0.2, 0) is 7.05 Å². The Labute approximate surface area is 159 Å². The van der Waals surface area contributed by atoms with Gasteiger partial charge >= 0.3 is 5.69 Å². The highest BCUT2D eigenvalue weighted by atomic mass is 16.2. The van der Waals surface area contributed by atoms with Gasteiger partial charge in [0.15, 0.2) is 11.5 Å². The van der Waals surface area contributed by atoms with Gasteiger partial charge in [-0.3, -0.25) is 9.78 Å². The molecular weight excluding hydrogens is 358 g/mol. The van der Waals surface area contributed by atoms with Gasteiger partial charge in [0.1, 0.15) is 5.69 Å². The number of hydrogen-bond acceptors (Lipinski definition) is 6. The molecule has 4 rings (SSSR count). The molecule has 0 aliphatic carbocycles. The van der Waals surface area contributed by atoms with Crippen LogP contribution < -0.4 is 16.1 Å². The van der Waals surface area contributed by atoms with E-state index < -0.39 is 11.2 Å². The van der Waals surface area contributed by atoms with Crippen molar-refractivity contribution in [2.75, 3.05) is 11.9 Å². The van der Waals surface area contributed by atoms with Crippen LogP contribution in [0.1, 0.15) is 18.5 Å². The Balaban J connectivity index is 1.83. The van der Waals surface area contributed by atoms with Crippen molar-refractivity contribution in [3.63, 3.8) is 0 Å². The molecule has 9 nitrogen and oxygen atoms in total. The van der Waals surface area contributed by atoms with Crippen molar-refractivity contribution in [1.29, 1.82) is 0 Å². The Kier molecular flexibility index (Phi) is 4.26. The lowest BCUT2D eigenvalue weighted by molar-refractivity contribution is 0.704. The van der Waals surface area contributed by atoms with Crippen molar-refractivity contribution < 1.29 is 0 Å². The molecule has 9 heteroatoms. The number of hydrogen-bond donors (Lipinski definition) is 2. The lowest BCUT2D eigenvalue weighted by Crippen LogP contribution is -2.23. The van der Waals surface area contributed by atoms with Crippen LogP contribution in [0, 0.1) is 0 Å². The summed E-state index contributed by atoms with van der Waals surface area (Å²) in [4.78, 5) is 30.1. The summed E-state index contributed by atoms with van der Waals surface area (Å²) in [5.74, 6) is 0.728. The fraction of sp³-hybridized carbons (Fsp3) is 0.211. The summed E-state index contributed by atoms with van der Waals surface area (Å²) in [6.45, 7) is 2.10. The smallest absolute Gasteiger partial charge is 0.325 e. The minimum Gasteiger partial charge on any atom is -0.351 e. The molecule has 4 aromatic rings. The van der Waals surface area contributed by atoms with Gasteiger partial charge in [0, 0.05) is 20.3 Å². The van der Waals surface area contributed by atoms with Gasteiger partial charge < -0.3 is 9.88 Å². The van der Waals surface area contributed by atoms with Crippen LogP contribution >= 0.6 is 0 Å². The highest BCUT2D eigenvalue weighted by Gasteiger charge is 2.20. The predicted octanol–water partition coefficient (Wildman–Crippen LogP) is 1.60. The van der Waals surface area contributed by atoms with Crippen molar-refractivity contribution in [2.45, 2.75) is 13.0 Å². The first-order valence-corrected chi connectivity index (χ1v) is 8.76. The van der Waals surface area contributed by atoms with Gasteiger partial charge in [-0.2, -0.15) is 5.10 Å². The summed E-state index contributed by atoms with van der Waals surface area (Å²) in [6, 6.07) is 12.0. The number of H-pyrrole nitrogens is 2. The molecule has 0 saturated heterocycles. The second-order valence-electron chi connectivity index (χ2n) is 6.60. The van der Waals surface area contributed by atoms with Gasteiger partial charge in [0.25, 0.3) is 5.56 Å². The van der Waals surface area contributed by atoms with Gasteiger partial charge in [-0.25, -0.2) is 9.48 Å². The molecule has 28 heavy (non-hydrogen) atoms. The Bertz CT molecular complexity index is 1260. The molecule has 0 bridgehead atoms. The van der Waals surface area contributed by atoms with Gasteiger partial charge in [-0.1, -0.05) is 30.3 Å². The number of benzene rings is 1. The zero-order chi connectivity index (χ0) is 19.8. The molecule has 0 unspecified atom stereocenters. The fourth-order valence-electron chi connectivity index (χ4n) is 3.16. The largest absolute Gasteiger partial charge is 0.351 e. The van der Waals surface area contributed by atoms with Crippen molar-refractivity contribution >= 4 is 16.9 Å². The van der Waals surface area contributed by atoms with E-state index in [1.165, 1.54) is 6.20 Å². The maximum atomic E-state index is 12.1. The Hall–Kier alpha value is -3.75. The summed E-state index contributed by atoms with van der Waals surface area (Å²) in [5.41, 5.74) is 1.27. The molecule has 0 amide bonds. The normalized spacial score (nSPS) is 12.2. The zero-order valence-electron chi connectivity index (χ0n) is 15.7. The van der Waals surface area contributed by atoms with Crippen LogP contribution in [0.3, 0.4) is 0 Å². The Morgan fingerprint density at radius 3 is 2.61 bits per heavy atom. The van der Waals surface area contributed by atoms with Gasteiger partial charge in [-0.05, 0) is 18.6 Å². The summed E-state index contributed by atoms with van der Waals surface area (Å²) >= 11 is 0. The molecule has 0 radical (unpaired) electrons. The van der Waals surface area contributed by atoms with Crippen LogP contribution in [0.25, 0.3) is 22.3 Å². The second-order valence-corrected chi connectivity index (χ2v) is 6.60. The molecule has 0 spiro atoms. The topological polar surface area (TPSA) is 113 Å². The maximum absolute atomic E-state index is 12.1. The fourth-order valence-corrected chi connectivity index (χ4v) is 3.16. The van der Waals surface area contributed by atoms with Crippen LogP contribution in [-0.4, -0.2) is 37.0 Å². The van der Waals surface area contributed by atoms with E-state index in [0.29, 0.717) is 11.3 Å². The third-order valence-electron chi connectivity index (χ3n) is 4.86. The number of aromatic amines is 2. The summed E-state index contributed by atoms with van der Waals surface area (Å²) in [5, 5.41) is 13.7. The summed E-state index contributed by atoms with van der Waals surface area (Å²) in [7, 11) is 3.76. The number of nitrogens with zero attached hydrogens (tertiary/aromatic N) is 5. The van der Waals surface area contributed by atoms with Crippen LogP contribution in [0.15, 0.2) is 52.2 Å². The molecule has 0 aliphatic heterocycles. The molecule has 0 saturated carbocycles. The molecule has 0 fully saturated rings. The molecule has 3 heterocycles. The number of aromatic nitrogens is 6. The van der Waals surface area contributed by atoms with Crippen LogP contribution in [0.2, 0.25) is 0 Å². The first-order chi connectivity index (χ1) is 13.5. The lowest BCUT2D eigenvalue weighted by Gasteiger charge is -2.25. The highest BCUT2D eigenvalue weighted by Crippen LogP contribution is 2.31. The van der Waals surface area contributed by atoms with E-state index >= 15 is 0 Å². The average molecular weight is 377 g/mol. The standard InChI is InChI=1S/C19H19N7O2/c1-11(12-7-5-4-6-8-12)25(2)17-13-9-15(22-23-16(13)26(3)24-17)14-10-20-19(28)21-18(14)27/h4-11H,1-3H3,(H2,20,21,27,28)/t11-/m0/s1. The molecule has 1 atom stereocenters. The van der Waals surface area contributed by atoms with Crippen molar-refractivity contribution in [3.8, 4) is 11.3 Å². The van der Waals surface area contributed by atoms with E-state index in [4.69, 9.17) is 0 Å². The summed E-state index contributed by atoms with van der Waals surface area (Å²) in [6.07, 6.45) is 1.34. The molecule has 1 aromatic carbocycles. The minimum atomic E-state index is -0.568. The van der Waals surface area contributed by atoms with E-state index in [-0.39, 0.29) is 11.6 Å². The van der Waals surface area contributed by atoms with Crippen LogP contribution in [0.5, 0.6) is 0 Å². The van der Waals surface area contributed by atoms with Crippen LogP contribution in [0.4, 0.5) is 5.82 Å². The van der Waals surface area contributed by atoms with Gasteiger partial charge in [-0.15, -0.1) is 10.2 Å².